The standard InChI is InChI=1S/C10H13FO4/c1-10(2)6(8(10)9(13)14)3-4-7(12)15-5-11/h3-4,6,8H,5H2,1-2H3,(H,13,14). The third-order valence-corrected chi connectivity index (χ3v) is 2.81. The van der Waals surface area contributed by atoms with Crippen LogP contribution in [0.15, 0.2) is 12.2 Å². The van der Waals surface area contributed by atoms with Crippen molar-refractivity contribution in [3.63, 3.8) is 0 Å². The summed E-state index contributed by atoms with van der Waals surface area (Å²) >= 11 is 0. The topological polar surface area (TPSA) is 63.6 Å². The molecule has 1 rings (SSSR count). The average Bonchev–Trinajstić information content (AvgIpc) is 2.65. The molecule has 0 aromatic carbocycles. The van der Waals surface area contributed by atoms with Crippen LogP contribution >= 0.6 is 0 Å². The summed E-state index contributed by atoms with van der Waals surface area (Å²) in [5.74, 6) is -2.34. The number of carboxylic acids is 1. The van der Waals surface area contributed by atoms with E-state index in [2.05, 4.69) is 4.74 Å². The summed E-state index contributed by atoms with van der Waals surface area (Å²) in [5.41, 5.74) is -0.349. The van der Waals surface area contributed by atoms with Gasteiger partial charge in [0.05, 0.1) is 5.92 Å². The van der Waals surface area contributed by atoms with Gasteiger partial charge in [0.25, 0.3) is 0 Å². The van der Waals surface area contributed by atoms with E-state index in [4.69, 9.17) is 5.11 Å². The summed E-state index contributed by atoms with van der Waals surface area (Å²) < 4.78 is 15.6. The van der Waals surface area contributed by atoms with Crippen LogP contribution in [0.2, 0.25) is 0 Å². The molecular formula is C10H13FO4. The van der Waals surface area contributed by atoms with Crippen molar-refractivity contribution in [3.8, 4) is 0 Å². The van der Waals surface area contributed by atoms with Gasteiger partial charge in [0.15, 0.2) is 0 Å². The predicted molar refractivity (Wildman–Crippen MR) is 49.6 cm³/mol. The van der Waals surface area contributed by atoms with Gasteiger partial charge >= 0.3 is 11.9 Å². The fourth-order valence-electron chi connectivity index (χ4n) is 1.79. The van der Waals surface area contributed by atoms with Crippen LogP contribution in [0.3, 0.4) is 0 Å². The summed E-state index contributed by atoms with van der Waals surface area (Å²) in [6, 6.07) is 0. The molecule has 5 heteroatoms. The van der Waals surface area contributed by atoms with Gasteiger partial charge < -0.3 is 9.84 Å². The molecule has 1 aliphatic carbocycles. The van der Waals surface area contributed by atoms with Crippen LogP contribution in [0.4, 0.5) is 4.39 Å². The van der Waals surface area contributed by atoms with Gasteiger partial charge in [-0.25, -0.2) is 9.18 Å². The maximum atomic E-state index is 11.6. The summed E-state index contributed by atoms with van der Waals surface area (Å²) in [6.45, 7) is 2.45. The number of ether oxygens (including phenoxy) is 1. The number of halogens is 1. The molecule has 0 bridgehead atoms. The molecule has 2 atom stereocenters. The van der Waals surface area contributed by atoms with E-state index < -0.39 is 24.7 Å². The first-order chi connectivity index (χ1) is 6.91. The van der Waals surface area contributed by atoms with Crippen molar-refractivity contribution in [1.82, 2.24) is 0 Å². The van der Waals surface area contributed by atoms with Crippen molar-refractivity contribution >= 4 is 11.9 Å². The Morgan fingerprint density at radius 2 is 2.13 bits per heavy atom. The second kappa shape index (κ2) is 4.00. The number of carbonyl (C=O) groups excluding carboxylic acids is 1. The zero-order valence-corrected chi connectivity index (χ0v) is 8.57. The zero-order valence-electron chi connectivity index (χ0n) is 8.57. The Balaban J connectivity index is 2.55. The highest BCUT2D eigenvalue weighted by Crippen LogP contribution is 2.58. The zero-order chi connectivity index (χ0) is 11.6. The highest BCUT2D eigenvalue weighted by Gasteiger charge is 2.60. The van der Waals surface area contributed by atoms with Gasteiger partial charge in [-0.2, -0.15) is 0 Å². The SMILES string of the molecule is CC1(C)C(C=CC(=O)OCF)C1C(=O)O. The summed E-state index contributed by atoms with van der Waals surface area (Å²) in [4.78, 5) is 21.5. The molecule has 84 valence electrons. The largest absolute Gasteiger partial charge is 0.481 e. The molecule has 0 aliphatic heterocycles. The van der Waals surface area contributed by atoms with Crippen molar-refractivity contribution < 1.29 is 23.8 Å². The first kappa shape index (κ1) is 11.7. The third-order valence-electron chi connectivity index (χ3n) is 2.81. The fourth-order valence-corrected chi connectivity index (χ4v) is 1.79. The molecule has 1 saturated carbocycles. The number of hydrogen-bond acceptors (Lipinski definition) is 3. The lowest BCUT2D eigenvalue weighted by Gasteiger charge is -1.96. The highest BCUT2D eigenvalue weighted by atomic mass is 19.1. The Morgan fingerprint density at radius 3 is 2.53 bits per heavy atom. The van der Waals surface area contributed by atoms with Crippen LogP contribution in [0.25, 0.3) is 0 Å². The van der Waals surface area contributed by atoms with E-state index in [0.717, 1.165) is 6.08 Å². The van der Waals surface area contributed by atoms with Crippen LogP contribution in [-0.2, 0) is 14.3 Å². The second-order valence-electron chi connectivity index (χ2n) is 4.09. The van der Waals surface area contributed by atoms with Crippen LogP contribution in [0.5, 0.6) is 0 Å². The summed E-state index contributed by atoms with van der Waals surface area (Å²) in [7, 11) is 0. The van der Waals surface area contributed by atoms with E-state index in [1.807, 2.05) is 0 Å². The first-order valence-electron chi connectivity index (χ1n) is 4.55. The van der Waals surface area contributed by atoms with Crippen LogP contribution in [0.1, 0.15) is 13.8 Å². The lowest BCUT2D eigenvalue weighted by molar-refractivity contribution is -0.142. The van der Waals surface area contributed by atoms with Crippen LogP contribution in [0, 0.1) is 17.3 Å². The quantitative estimate of drug-likeness (QED) is 0.569. The number of hydrogen-bond donors (Lipinski definition) is 1. The number of aliphatic carboxylic acids is 1. The predicted octanol–water partition coefficient (Wildman–Crippen LogP) is 1.37. The molecular weight excluding hydrogens is 203 g/mol. The number of esters is 1. The van der Waals surface area contributed by atoms with Crippen molar-refractivity contribution in [2.75, 3.05) is 6.86 Å². The molecule has 1 N–H and O–H groups in total. The van der Waals surface area contributed by atoms with Crippen molar-refractivity contribution in [3.05, 3.63) is 12.2 Å². The van der Waals surface area contributed by atoms with E-state index in [-0.39, 0.29) is 11.3 Å². The molecule has 0 spiro atoms. The van der Waals surface area contributed by atoms with Crippen molar-refractivity contribution in [2.24, 2.45) is 17.3 Å². The average molecular weight is 216 g/mol. The number of rotatable bonds is 4. The molecule has 1 fully saturated rings. The maximum absolute atomic E-state index is 11.6. The van der Waals surface area contributed by atoms with Crippen molar-refractivity contribution in [1.29, 1.82) is 0 Å². The molecule has 1 aliphatic rings. The molecule has 0 heterocycles. The van der Waals surface area contributed by atoms with Gasteiger partial charge in [-0.05, 0) is 11.3 Å². The van der Waals surface area contributed by atoms with E-state index in [0.29, 0.717) is 0 Å². The van der Waals surface area contributed by atoms with E-state index in [9.17, 15) is 14.0 Å². The van der Waals surface area contributed by atoms with Gasteiger partial charge in [-0.15, -0.1) is 0 Å². The number of carbonyl (C=O) groups is 2. The summed E-state index contributed by atoms with van der Waals surface area (Å²) in [6.07, 6.45) is 2.55. The molecule has 0 aromatic rings. The first-order valence-corrected chi connectivity index (χ1v) is 4.55. The van der Waals surface area contributed by atoms with Crippen molar-refractivity contribution in [2.45, 2.75) is 13.8 Å². The molecule has 4 nitrogen and oxygen atoms in total. The van der Waals surface area contributed by atoms with E-state index in [1.165, 1.54) is 6.08 Å². The normalized spacial score (nSPS) is 27.7. The Hall–Kier alpha value is -1.39. The van der Waals surface area contributed by atoms with Gasteiger partial charge in [0.1, 0.15) is 0 Å². The van der Waals surface area contributed by atoms with Crippen LogP contribution < -0.4 is 0 Å². The van der Waals surface area contributed by atoms with Gasteiger partial charge in [-0.3, -0.25) is 4.79 Å². The molecule has 0 radical (unpaired) electrons. The number of alkyl halides is 1. The molecule has 15 heavy (non-hydrogen) atoms. The minimum atomic E-state index is -1.17. The lowest BCUT2D eigenvalue weighted by atomic mass is 10.1. The fraction of sp³-hybridized carbons (Fsp3) is 0.600. The van der Waals surface area contributed by atoms with E-state index in [1.54, 1.807) is 13.8 Å². The van der Waals surface area contributed by atoms with Gasteiger partial charge in [0.2, 0.25) is 6.86 Å². The summed E-state index contributed by atoms with van der Waals surface area (Å²) in [5, 5.41) is 8.82. The minimum Gasteiger partial charge on any atom is -0.481 e. The smallest absolute Gasteiger partial charge is 0.332 e. The molecule has 0 saturated heterocycles. The molecule has 0 amide bonds. The highest BCUT2D eigenvalue weighted by molar-refractivity contribution is 5.83. The Morgan fingerprint density at radius 1 is 1.53 bits per heavy atom. The maximum Gasteiger partial charge on any atom is 0.332 e. The Kier molecular flexibility index (Phi) is 3.12. The molecule has 0 aromatic heterocycles. The van der Waals surface area contributed by atoms with Gasteiger partial charge in [-0.1, -0.05) is 19.9 Å². The number of allylic oxidation sites excluding steroid dienone is 1. The van der Waals surface area contributed by atoms with E-state index >= 15 is 0 Å². The number of carboxylic acid groups (broad SMARTS) is 1. The Bertz CT molecular complexity index is 309. The minimum absolute atomic E-state index is 0.192. The van der Waals surface area contributed by atoms with Crippen LogP contribution in [-0.4, -0.2) is 23.9 Å². The molecule has 2 unspecified atom stereocenters. The Labute approximate surface area is 86.7 Å². The second-order valence-corrected chi connectivity index (χ2v) is 4.09. The van der Waals surface area contributed by atoms with Gasteiger partial charge in [0, 0.05) is 6.08 Å². The lowest BCUT2D eigenvalue weighted by Crippen LogP contribution is -2.03. The third kappa shape index (κ3) is 2.34. The monoisotopic (exact) mass is 216 g/mol.